The standard InChI is InChI=1S/C17H20N4O4/c1-10-19-12-5-2-4-11(18-8-3-9-22)15(12)17(25)21(10)13-6-7-14(23)20-16(13)24/h2,4-5,13,18,22H,3,6-9H2,1H3,(H,20,23,24). The van der Waals surface area contributed by atoms with Crippen molar-refractivity contribution < 1.29 is 14.7 Å². The van der Waals surface area contributed by atoms with Crippen LogP contribution in [0.3, 0.4) is 0 Å². The number of carbonyl (C=O) groups excluding carboxylic acids is 2. The van der Waals surface area contributed by atoms with Crippen LogP contribution in [0.1, 0.15) is 31.1 Å². The first-order valence-corrected chi connectivity index (χ1v) is 8.23. The van der Waals surface area contributed by atoms with Crippen LogP contribution in [0, 0.1) is 6.92 Å². The number of nitrogens with zero attached hydrogens (tertiary/aromatic N) is 2. The number of piperidine rings is 1. The third-order valence-corrected chi connectivity index (χ3v) is 4.28. The van der Waals surface area contributed by atoms with Gasteiger partial charge in [-0.2, -0.15) is 0 Å². The number of rotatable bonds is 5. The molecule has 8 nitrogen and oxygen atoms in total. The first-order valence-electron chi connectivity index (χ1n) is 8.23. The Hall–Kier alpha value is -2.74. The fourth-order valence-corrected chi connectivity index (χ4v) is 3.10. The average molecular weight is 344 g/mol. The molecular weight excluding hydrogens is 324 g/mol. The van der Waals surface area contributed by atoms with Crippen LogP contribution in [-0.2, 0) is 9.59 Å². The van der Waals surface area contributed by atoms with Gasteiger partial charge in [-0.1, -0.05) is 6.07 Å². The molecular formula is C17H20N4O4. The molecule has 1 aromatic carbocycles. The number of hydrogen-bond acceptors (Lipinski definition) is 6. The van der Waals surface area contributed by atoms with Crippen LogP contribution in [0.4, 0.5) is 5.69 Å². The zero-order chi connectivity index (χ0) is 18.0. The van der Waals surface area contributed by atoms with E-state index in [9.17, 15) is 14.4 Å². The van der Waals surface area contributed by atoms with E-state index < -0.39 is 11.9 Å². The van der Waals surface area contributed by atoms with Gasteiger partial charge in [0.05, 0.1) is 10.9 Å². The molecule has 1 saturated heterocycles. The summed E-state index contributed by atoms with van der Waals surface area (Å²) in [6.07, 6.45) is 1.02. The third-order valence-electron chi connectivity index (χ3n) is 4.28. The van der Waals surface area contributed by atoms with E-state index in [2.05, 4.69) is 15.6 Å². The second-order valence-corrected chi connectivity index (χ2v) is 6.00. The highest BCUT2D eigenvalue weighted by Crippen LogP contribution is 2.23. The van der Waals surface area contributed by atoms with E-state index in [0.29, 0.717) is 35.4 Å². The quantitative estimate of drug-likeness (QED) is 0.537. The molecule has 1 unspecified atom stereocenters. The van der Waals surface area contributed by atoms with Crippen LogP contribution < -0.4 is 16.2 Å². The summed E-state index contributed by atoms with van der Waals surface area (Å²) in [6, 6.07) is 4.57. The third kappa shape index (κ3) is 3.25. The summed E-state index contributed by atoms with van der Waals surface area (Å²) in [4.78, 5) is 41.1. The first kappa shape index (κ1) is 17.1. The number of hydrogen-bond donors (Lipinski definition) is 3. The Bertz CT molecular complexity index is 890. The number of carbonyl (C=O) groups is 2. The van der Waals surface area contributed by atoms with Gasteiger partial charge in [0.25, 0.3) is 5.56 Å². The lowest BCUT2D eigenvalue weighted by atomic mass is 10.1. The maximum absolute atomic E-state index is 13.1. The van der Waals surface area contributed by atoms with E-state index in [1.165, 1.54) is 4.57 Å². The lowest BCUT2D eigenvalue weighted by Gasteiger charge is -2.24. The number of aromatic nitrogens is 2. The number of anilines is 1. The predicted molar refractivity (Wildman–Crippen MR) is 92.4 cm³/mol. The largest absolute Gasteiger partial charge is 0.396 e. The van der Waals surface area contributed by atoms with Crippen LogP contribution in [0.15, 0.2) is 23.0 Å². The van der Waals surface area contributed by atoms with Crippen LogP contribution >= 0.6 is 0 Å². The Morgan fingerprint density at radius 2 is 2.16 bits per heavy atom. The summed E-state index contributed by atoms with van der Waals surface area (Å²) in [7, 11) is 0. The molecule has 1 fully saturated rings. The fraction of sp³-hybridized carbons (Fsp3) is 0.412. The summed E-state index contributed by atoms with van der Waals surface area (Å²) < 4.78 is 1.36. The second-order valence-electron chi connectivity index (χ2n) is 6.00. The molecule has 1 aromatic heterocycles. The van der Waals surface area contributed by atoms with Gasteiger partial charge >= 0.3 is 0 Å². The number of aryl methyl sites for hydroxylation is 1. The van der Waals surface area contributed by atoms with Gasteiger partial charge in [-0.05, 0) is 31.9 Å². The number of imide groups is 1. The fourth-order valence-electron chi connectivity index (χ4n) is 3.10. The van der Waals surface area contributed by atoms with Gasteiger partial charge in [0.1, 0.15) is 11.9 Å². The molecule has 25 heavy (non-hydrogen) atoms. The van der Waals surface area contributed by atoms with Gasteiger partial charge in [0, 0.05) is 25.3 Å². The van der Waals surface area contributed by atoms with Gasteiger partial charge in [0.15, 0.2) is 0 Å². The number of fused-ring (bicyclic) bond motifs is 1. The van der Waals surface area contributed by atoms with Crippen molar-refractivity contribution in [2.24, 2.45) is 0 Å². The van der Waals surface area contributed by atoms with Gasteiger partial charge in [-0.15, -0.1) is 0 Å². The van der Waals surface area contributed by atoms with Gasteiger partial charge in [-0.25, -0.2) is 4.98 Å². The topological polar surface area (TPSA) is 113 Å². The minimum Gasteiger partial charge on any atom is -0.396 e. The van der Waals surface area contributed by atoms with Crippen molar-refractivity contribution >= 4 is 28.4 Å². The maximum atomic E-state index is 13.1. The van der Waals surface area contributed by atoms with Gasteiger partial charge in [0.2, 0.25) is 11.8 Å². The molecule has 132 valence electrons. The van der Waals surface area contributed by atoms with Crippen molar-refractivity contribution in [3.8, 4) is 0 Å². The Morgan fingerprint density at radius 1 is 1.36 bits per heavy atom. The van der Waals surface area contributed by atoms with Gasteiger partial charge < -0.3 is 10.4 Å². The SMILES string of the molecule is Cc1nc2cccc(NCCCO)c2c(=O)n1C1CCC(=O)NC1=O. The van der Waals surface area contributed by atoms with Crippen molar-refractivity contribution in [3.05, 3.63) is 34.4 Å². The van der Waals surface area contributed by atoms with Gasteiger partial charge in [-0.3, -0.25) is 24.3 Å². The smallest absolute Gasteiger partial charge is 0.264 e. The Labute approximate surface area is 143 Å². The highest BCUT2D eigenvalue weighted by Gasteiger charge is 2.30. The lowest BCUT2D eigenvalue weighted by Crippen LogP contribution is -2.45. The molecule has 0 saturated carbocycles. The van der Waals surface area contributed by atoms with Crippen molar-refractivity contribution in [2.45, 2.75) is 32.2 Å². The molecule has 2 heterocycles. The van der Waals surface area contributed by atoms with Crippen molar-refractivity contribution in [3.63, 3.8) is 0 Å². The summed E-state index contributed by atoms with van der Waals surface area (Å²) in [5.41, 5.74) is 0.841. The molecule has 1 aliphatic heterocycles. The zero-order valence-corrected chi connectivity index (χ0v) is 13.9. The average Bonchev–Trinajstić information content (AvgIpc) is 2.56. The summed E-state index contributed by atoms with van der Waals surface area (Å²) in [5, 5.41) is 14.7. The summed E-state index contributed by atoms with van der Waals surface area (Å²) in [5.74, 6) is -0.375. The predicted octanol–water partition coefficient (Wildman–Crippen LogP) is 0.477. The number of aliphatic hydroxyl groups excluding tert-OH is 1. The number of benzene rings is 1. The second kappa shape index (κ2) is 7.02. The molecule has 0 radical (unpaired) electrons. The zero-order valence-electron chi connectivity index (χ0n) is 13.9. The monoisotopic (exact) mass is 344 g/mol. The molecule has 1 aliphatic rings. The van der Waals surface area contributed by atoms with E-state index in [-0.39, 0.29) is 30.9 Å². The molecule has 3 N–H and O–H groups in total. The molecule has 3 rings (SSSR count). The van der Waals surface area contributed by atoms with Crippen molar-refractivity contribution in [1.29, 1.82) is 0 Å². The van der Waals surface area contributed by atoms with E-state index in [1.54, 1.807) is 25.1 Å². The van der Waals surface area contributed by atoms with Crippen LogP contribution in [0.2, 0.25) is 0 Å². The van der Waals surface area contributed by atoms with Crippen LogP contribution in [0.5, 0.6) is 0 Å². The van der Waals surface area contributed by atoms with Crippen molar-refractivity contribution in [2.75, 3.05) is 18.5 Å². The maximum Gasteiger partial charge on any atom is 0.264 e. The van der Waals surface area contributed by atoms with E-state index in [4.69, 9.17) is 5.11 Å². The number of nitrogens with one attached hydrogen (secondary N) is 2. The number of amides is 2. The molecule has 0 bridgehead atoms. The first-order chi connectivity index (χ1) is 12.0. The van der Waals surface area contributed by atoms with Crippen molar-refractivity contribution in [1.82, 2.24) is 14.9 Å². The summed E-state index contributed by atoms with van der Waals surface area (Å²) in [6.45, 7) is 2.24. The Balaban J connectivity index is 2.10. The minimum atomic E-state index is -0.743. The molecule has 1 atom stereocenters. The molecule has 0 aliphatic carbocycles. The number of aliphatic hydroxyl groups is 1. The highest BCUT2D eigenvalue weighted by molar-refractivity contribution is 5.99. The van der Waals surface area contributed by atoms with Crippen LogP contribution in [-0.4, -0.2) is 39.6 Å². The molecule has 0 spiro atoms. The Morgan fingerprint density at radius 3 is 2.88 bits per heavy atom. The van der Waals surface area contributed by atoms with E-state index >= 15 is 0 Å². The highest BCUT2D eigenvalue weighted by atomic mass is 16.3. The summed E-state index contributed by atoms with van der Waals surface area (Å²) >= 11 is 0. The normalized spacial score (nSPS) is 17.6. The molecule has 2 amide bonds. The lowest BCUT2D eigenvalue weighted by molar-refractivity contribution is -0.135. The van der Waals surface area contributed by atoms with Crippen LogP contribution in [0.25, 0.3) is 10.9 Å². The van der Waals surface area contributed by atoms with E-state index in [1.807, 2.05) is 0 Å². The molecule has 2 aromatic rings. The Kier molecular flexibility index (Phi) is 4.80. The van der Waals surface area contributed by atoms with E-state index in [0.717, 1.165) is 0 Å². The minimum absolute atomic E-state index is 0.0512. The molecule has 8 heteroatoms.